The highest BCUT2D eigenvalue weighted by Gasteiger charge is 2.12. The maximum absolute atomic E-state index is 12.1. The highest BCUT2D eigenvalue weighted by molar-refractivity contribution is 5.93. The fraction of sp³-hybridized carbons (Fsp3) is 0.200. The standard InChI is InChI=1S/C25H25NO4/c1-18(2)22-10-6-7-11-23(22)26-24(27)16-30-25(28)17-29-21-14-12-20(13-15-21)19-8-4-3-5-9-19/h3-15,18H,16-17H2,1-2H3,(H,26,27). The molecule has 3 aromatic rings. The quantitative estimate of drug-likeness (QED) is 0.535. The van der Waals surface area contributed by atoms with Crippen LogP contribution >= 0.6 is 0 Å². The van der Waals surface area contributed by atoms with Crippen molar-refractivity contribution in [3.8, 4) is 16.9 Å². The SMILES string of the molecule is CC(C)c1ccccc1NC(=O)COC(=O)COc1ccc(-c2ccccc2)cc1. The van der Waals surface area contributed by atoms with Gasteiger partial charge in [0.2, 0.25) is 0 Å². The van der Waals surface area contributed by atoms with E-state index in [9.17, 15) is 9.59 Å². The zero-order valence-electron chi connectivity index (χ0n) is 17.1. The number of hydrogen-bond donors (Lipinski definition) is 1. The molecule has 154 valence electrons. The topological polar surface area (TPSA) is 64.6 Å². The molecule has 30 heavy (non-hydrogen) atoms. The summed E-state index contributed by atoms with van der Waals surface area (Å²) in [5, 5.41) is 2.79. The highest BCUT2D eigenvalue weighted by Crippen LogP contribution is 2.24. The lowest BCUT2D eigenvalue weighted by Crippen LogP contribution is -2.24. The number of para-hydroxylation sites is 1. The summed E-state index contributed by atoms with van der Waals surface area (Å²) in [6, 6.07) is 25.0. The van der Waals surface area contributed by atoms with Crippen molar-refractivity contribution in [2.45, 2.75) is 19.8 Å². The summed E-state index contributed by atoms with van der Waals surface area (Å²) in [4.78, 5) is 24.0. The number of nitrogens with one attached hydrogen (secondary N) is 1. The van der Waals surface area contributed by atoms with E-state index in [2.05, 4.69) is 19.2 Å². The van der Waals surface area contributed by atoms with Gasteiger partial charge in [-0.05, 0) is 40.8 Å². The fourth-order valence-electron chi connectivity index (χ4n) is 3.00. The average molecular weight is 403 g/mol. The Morgan fingerprint density at radius 1 is 0.800 bits per heavy atom. The van der Waals surface area contributed by atoms with Crippen LogP contribution in [-0.4, -0.2) is 25.1 Å². The molecule has 0 unspecified atom stereocenters. The van der Waals surface area contributed by atoms with Crippen LogP contribution in [0.15, 0.2) is 78.9 Å². The second kappa shape index (κ2) is 10.3. The number of amides is 1. The van der Waals surface area contributed by atoms with Gasteiger partial charge in [0.1, 0.15) is 5.75 Å². The van der Waals surface area contributed by atoms with Crippen LogP contribution in [0.1, 0.15) is 25.3 Å². The molecule has 0 bridgehead atoms. The molecule has 1 N–H and O–H groups in total. The molecule has 0 saturated carbocycles. The van der Waals surface area contributed by atoms with Crippen LogP contribution in [0.3, 0.4) is 0 Å². The zero-order chi connectivity index (χ0) is 21.3. The zero-order valence-corrected chi connectivity index (χ0v) is 17.1. The molecule has 5 nitrogen and oxygen atoms in total. The van der Waals surface area contributed by atoms with Crippen molar-refractivity contribution in [3.63, 3.8) is 0 Å². The van der Waals surface area contributed by atoms with E-state index >= 15 is 0 Å². The minimum Gasteiger partial charge on any atom is -0.482 e. The van der Waals surface area contributed by atoms with Gasteiger partial charge < -0.3 is 14.8 Å². The van der Waals surface area contributed by atoms with E-state index in [0.717, 1.165) is 22.4 Å². The Morgan fingerprint density at radius 2 is 1.43 bits per heavy atom. The van der Waals surface area contributed by atoms with Crippen LogP contribution in [0.5, 0.6) is 5.75 Å². The van der Waals surface area contributed by atoms with Gasteiger partial charge in [-0.2, -0.15) is 0 Å². The molecule has 0 fully saturated rings. The van der Waals surface area contributed by atoms with E-state index in [4.69, 9.17) is 9.47 Å². The number of rotatable bonds is 8. The summed E-state index contributed by atoms with van der Waals surface area (Å²) >= 11 is 0. The van der Waals surface area contributed by atoms with E-state index in [0.29, 0.717) is 5.75 Å². The van der Waals surface area contributed by atoms with Crippen LogP contribution < -0.4 is 10.1 Å². The first-order valence-electron chi connectivity index (χ1n) is 9.85. The van der Waals surface area contributed by atoms with Crippen molar-refractivity contribution in [1.29, 1.82) is 0 Å². The molecule has 0 saturated heterocycles. The number of anilines is 1. The smallest absolute Gasteiger partial charge is 0.344 e. The lowest BCUT2D eigenvalue weighted by molar-refractivity contribution is -0.149. The molecule has 0 aromatic heterocycles. The molecular weight excluding hydrogens is 378 g/mol. The van der Waals surface area contributed by atoms with Crippen molar-refractivity contribution >= 4 is 17.6 Å². The molecule has 0 aliphatic rings. The van der Waals surface area contributed by atoms with Gasteiger partial charge in [0, 0.05) is 5.69 Å². The Morgan fingerprint density at radius 3 is 2.13 bits per heavy atom. The van der Waals surface area contributed by atoms with Crippen molar-refractivity contribution < 1.29 is 19.1 Å². The average Bonchev–Trinajstić information content (AvgIpc) is 2.77. The third-order valence-corrected chi connectivity index (χ3v) is 4.54. The predicted molar refractivity (Wildman–Crippen MR) is 117 cm³/mol. The molecule has 0 spiro atoms. The summed E-state index contributed by atoms with van der Waals surface area (Å²) in [7, 11) is 0. The van der Waals surface area contributed by atoms with E-state index in [1.165, 1.54) is 0 Å². The van der Waals surface area contributed by atoms with E-state index < -0.39 is 5.97 Å². The number of carbonyl (C=O) groups is 2. The van der Waals surface area contributed by atoms with Gasteiger partial charge in [0.25, 0.3) is 5.91 Å². The third kappa shape index (κ3) is 5.95. The molecule has 0 aliphatic heterocycles. The Hall–Kier alpha value is -3.60. The molecule has 0 aliphatic carbocycles. The van der Waals surface area contributed by atoms with Crippen molar-refractivity contribution in [1.82, 2.24) is 0 Å². The van der Waals surface area contributed by atoms with Crippen LogP contribution in [0.2, 0.25) is 0 Å². The second-order valence-corrected chi connectivity index (χ2v) is 7.13. The minimum absolute atomic E-state index is 0.263. The normalized spacial score (nSPS) is 10.5. The van der Waals surface area contributed by atoms with Gasteiger partial charge >= 0.3 is 5.97 Å². The lowest BCUT2D eigenvalue weighted by Gasteiger charge is -2.13. The van der Waals surface area contributed by atoms with E-state index in [1.54, 1.807) is 12.1 Å². The van der Waals surface area contributed by atoms with Crippen LogP contribution in [0, 0.1) is 0 Å². The molecular formula is C25H25NO4. The molecule has 0 heterocycles. The number of hydrogen-bond acceptors (Lipinski definition) is 4. The first-order chi connectivity index (χ1) is 14.5. The monoisotopic (exact) mass is 403 g/mol. The second-order valence-electron chi connectivity index (χ2n) is 7.13. The Bertz CT molecular complexity index is 982. The van der Waals surface area contributed by atoms with Crippen LogP contribution in [-0.2, 0) is 14.3 Å². The summed E-state index contributed by atoms with van der Waals surface area (Å²) in [5.74, 6) is -0.161. The predicted octanol–water partition coefficient (Wildman–Crippen LogP) is 5.04. The fourth-order valence-corrected chi connectivity index (χ4v) is 3.00. The Kier molecular flexibility index (Phi) is 7.22. The lowest BCUT2D eigenvalue weighted by atomic mass is 10.0. The van der Waals surface area contributed by atoms with Crippen LogP contribution in [0.4, 0.5) is 5.69 Å². The maximum atomic E-state index is 12.1. The van der Waals surface area contributed by atoms with Crippen LogP contribution in [0.25, 0.3) is 11.1 Å². The summed E-state index contributed by atoms with van der Waals surface area (Å²) in [6.07, 6.45) is 0. The van der Waals surface area contributed by atoms with Crippen molar-refractivity contribution in [3.05, 3.63) is 84.4 Å². The Balaban J connectivity index is 1.44. The Labute approximate surface area is 176 Å². The summed E-state index contributed by atoms with van der Waals surface area (Å²) < 4.78 is 10.5. The number of carbonyl (C=O) groups excluding carboxylic acids is 2. The summed E-state index contributed by atoms with van der Waals surface area (Å²) in [6.45, 7) is 3.48. The van der Waals surface area contributed by atoms with Gasteiger partial charge in [-0.3, -0.25) is 4.79 Å². The van der Waals surface area contributed by atoms with Gasteiger partial charge in [0.05, 0.1) is 0 Å². The van der Waals surface area contributed by atoms with Gasteiger partial charge in [-0.1, -0.05) is 74.5 Å². The summed E-state index contributed by atoms with van der Waals surface area (Å²) in [5.41, 5.74) is 3.92. The molecule has 5 heteroatoms. The number of benzene rings is 3. The number of esters is 1. The molecule has 1 amide bonds. The third-order valence-electron chi connectivity index (χ3n) is 4.54. The highest BCUT2D eigenvalue weighted by atomic mass is 16.6. The maximum Gasteiger partial charge on any atom is 0.344 e. The first kappa shape index (κ1) is 21.1. The van der Waals surface area contributed by atoms with Gasteiger partial charge in [-0.15, -0.1) is 0 Å². The first-order valence-corrected chi connectivity index (χ1v) is 9.85. The molecule has 0 radical (unpaired) electrons. The minimum atomic E-state index is -0.602. The van der Waals surface area contributed by atoms with Gasteiger partial charge in [-0.25, -0.2) is 4.79 Å². The van der Waals surface area contributed by atoms with E-state index in [1.807, 2.05) is 66.7 Å². The van der Waals surface area contributed by atoms with Gasteiger partial charge in [0.15, 0.2) is 13.2 Å². The molecule has 3 rings (SSSR count). The number of ether oxygens (including phenoxy) is 2. The van der Waals surface area contributed by atoms with E-state index in [-0.39, 0.29) is 25.0 Å². The molecule has 0 atom stereocenters. The van der Waals surface area contributed by atoms with Crippen molar-refractivity contribution in [2.75, 3.05) is 18.5 Å². The largest absolute Gasteiger partial charge is 0.482 e. The van der Waals surface area contributed by atoms with Crippen molar-refractivity contribution in [2.24, 2.45) is 0 Å². The molecule has 3 aromatic carbocycles.